The van der Waals surface area contributed by atoms with Crippen molar-refractivity contribution in [2.75, 3.05) is 13.2 Å². The number of hydrogen-bond donors (Lipinski definition) is 0. The second-order valence-electron chi connectivity index (χ2n) is 6.15. The lowest BCUT2D eigenvalue weighted by Gasteiger charge is -2.06. The largest absolute Gasteiger partial charge is 0.494 e. The van der Waals surface area contributed by atoms with E-state index in [-0.39, 0.29) is 17.8 Å². The van der Waals surface area contributed by atoms with Crippen LogP contribution >= 0.6 is 0 Å². The van der Waals surface area contributed by atoms with Gasteiger partial charge >= 0.3 is 5.97 Å². The minimum absolute atomic E-state index is 0.128. The summed E-state index contributed by atoms with van der Waals surface area (Å²) in [6.45, 7) is 4.43. The van der Waals surface area contributed by atoms with Gasteiger partial charge in [0, 0.05) is 11.5 Å². The Morgan fingerprint density at radius 3 is 2.64 bits per heavy atom. The summed E-state index contributed by atoms with van der Waals surface area (Å²) in [6, 6.07) is 12.0. The second-order valence-corrected chi connectivity index (χ2v) is 6.15. The molecule has 0 radical (unpaired) electrons. The van der Waals surface area contributed by atoms with Crippen molar-refractivity contribution in [1.29, 1.82) is 0 Å². The number of esters is 1. The molecule has 0 aliphatic carbocycles. The topological polar surface area (TPSA) is 78.9 Å². The molecule has 4 rings (SSSR count). The standard InChI is InChI=1S/C22H18O6/c1-3-25-15-6-7-16-19(11-15)27-12-17(21(16)23)13-5-8-18-14(9-13)10-20(28-18)22(24)26-4-2/h5-12H,3-4H2,1-2H3. The van der Waals surface area contributed by atoms with E-state index in [1.165, 1.54) is 6.26 Å². The molecule has 0 spiro atoms. The molecule has 6 heteroatoms. The molecule has 0 amide bonds. The average Bonchev–Trinajstić information content (AvgIpc) is 3.12. The van der Waals surface area contributed by atoms with Gasteiger partial charge < -0.3 is 18.3 Å². The van der Waals surface area contributed by atoms with Gasteiger partial charge in [-0.2, -0.15) is 0 Å². The van der Waals surface area contributed by atoms with E-state index in [4.69, 9.17) is 18.3 Å². The number of hydrogen-bond acceptors (Lipinski definition) is 6. The molecule has 2 heterocycles. The molecule has 0 fully saturated rings. The monoisotopic (exact) mass is 378 g/mol. The zero-order chi connectivity index (χ0) is 19.7. The van der Waals surface area contributed by atoms with Gasteiger partial charge in [0.25, 0.3) is 0 Å². The number of benzene rings is 2. The highest BCUT2D eigenvalue weighted by molar-refractivity contribution is 5.94. The predicted molar refractivity (Wildman–Crippen MR) is 105 cm³/mol. The molecule has 0 unspecified atom stereocenters. The second kappa shape index (κ2) is 7.23. The predicted octanol–water partition coefficient (Wildman–Crippen LogP) is 4.78. The highest BCUT2D eigenvalue weighted by Crippen LogP contribution is 2.27. The van der Waals surface area contributed by atoms with E-state index < -0.39 is 5.97 Å². The smallest absolute Gasteiger partial charge is 0.374 e. The first-order valence-corrected chi connectivity index (χ1v) is 9.00. The van der Waals surface area contributed by atoms with Gasteiger partial charge in [0.2, 0.25) is 5.76 Å². The Labute approximate surface area is 160 Å². The lowest BCUT2D eigenvalue weighted by molar-refractivity contribution is 0.0492. The van der Waals surface area contributed by atoms with Crippen molar-refractivity contribution >= 4 is 27.9 Å². The normalized spacial score (nSPS) is 11.1. The van der Waals surface area contributed by atoms with Crippen molar-refractivity contribution in [3.8, 4) is 16.9 Å². The van der Waals surface area contributed by atoms with Crippen LogP contribution in [0.1, 0.15) is 24.4 Å². The van der Waals surface area contributed by atoms with E-state index in [0.29, 0.717) is 45.4 Å². The summed E-state index contributed by atoms with van der Waals surface area (Å²) in [5, 5.41) is 1.17. The minimum atomic E-state index is -0.518. The zero-order valence-electron chi connectivity index (χ0n) is 15.5. The van der Waals surface area contributed by atoms with Crippen LogP contribution in [0.5, 0.6) is 5.75 Å². The zero-order valence-corrected chi connectivity index (χ0v) is 15.5. The van der Waals surface area contributed by atoms with Crippen LogP contribution in [0.2, 0.25) is 0 Å². The van der Waals surface area contributed by atoms with Crippen molar-refractivity contribution in [3.63, 3.8) is 0 Å². The Bertz CT molecular complexity index is 1230. The van der Waals surface area contributed by atoms with Crippen LogP contribution in [0.25, 0.3) is 33.1 Å². The molecular formula is C22H18O6. The van der Waals surface area contributed by atoms with E-state index in [2.05, 4.69) is 0 Å². The number of furan rings is 1. The van der Waals surface area contributed by atoms with Crippen LogP contribution in [0.3, 0.4) is 0 Å². The van der Waals surface area contributed by atoms with E-state index in [1.54, 1.807) is 49.4 Å². The number of rotatable bonds is 5. The first-order valence-electron chi connectivity index (χ1n) is 9.00. The molecule has 142 valence electrons. The first kappa shape index (κ1) is 17.9. The lowest BCUT2D eigenvalue weighted by Crippen LogP contribution is -2.05. The molecule has 4 aromatic rings. The molecule has 6 nitrogen and oxygen atoms in total. The molecule has 0 bridgehead atoms. The Morgan fingerprint density at radius 1 is 1.00 bits per heavy atom. The molecular weight excluding hydrogens is 360 g/mol. The van der Waals surface area contributed by atoms with Gasteiger partial charge in [-0.05, 0) is 49.7 Å². The SMILES string of the molecule is CCOC(=O)c1cc2cc(-c3coc4cc(OCC)ccc4c3=O)ccc2o1. The lowest BCUT2D eigenvalue weighted by atomic mass is 10.0. The van der Waals surface area contributed by atoms with Gasteiger partial charge in [-0.15, -0.1) is 0 Å². The Kier molecular flexibility index (Phi) is 4.61. The van der Waals surface area contributed by atoms with Crippen molar-refractivity contribution < 1.29 is 23.1 Å². The highest BCUT2D eigenvalue weighted by atomic mass is 16.5. The maximum Gasteiger partial charge on any atom is 0.374 e. The minimum Gasteiger partial charge on any atom is -0.494 e. The summed E-state index contributed by atoms with van der Waals surface area (Å²) in [5.74, 6) is 0.260. The summed E-state index contributed by atoms with van der Waals surface area (Å²) in [4.78, 5) is 24.8. The third-order valence-electron chi connectivity index (χ3n) is 4.36. The van der Waals surface area contributed by atoms with Crippen molar-refractivity contribution in [2.24, 2.45) is 0 Å². The highest BCUT2D eigenvalue weighted by Gasteiger charge is 2.15. The molecule has 2 aromatic heterocycles. The molecule has 0 N–H and O–H groups in total. The number of carbonyl (C=O) groups excluding carboxylic acids is 1. The number of fused-ring (bicyclic) bond motifs is 2. The van der Waals surface area contributed by atoms with E-state index in [9.17, 15) is 9.59 Å². The molecule has 0 saturated heterocycles. The van der Waals surface area contributed by atoms with Crippen molar-refractivity contribution in [3.05, 3.63) is 64.7 Å². The summed E-state index contributed by atoms with van der Waals surface area (Å²) in [7, 11) is 0. The third kappa shape index (κ3) is 3.13. The maximum absolute atomic E-state index is 12.9. The summed E-state index contributed by atoms with van der Waals surface area (Å²) in [5.41, 5.74) is 1.97. The van der Waals surface area contributed by atoms with Gasteiger partial charge in [-0.3, -0.25) is 4.79 Å². The van der Waals surface area contributed by atoms with Gasteiger partial charge in [-0.25, -0.2) is 4.79 Å². The van der Waals surface area contributed by atoms with Gasteiger partial charge in [0.05, 0.1) is 24.2 Å². The molecule has 0 saturated carbocycles. The summed E-state index contributed by atoms with van der Waals surface area (Å²) < 4.78 is 21.6. The van der Waals surface area contributed by atoms with Crippen LogP contribution < -0.4 is 10.2 Å². The first-order chi connectivity index (χ1) is 13.6. The number of ether oxygens (including phenoxy) is 2. The molecule has 0 aliphatic heterocycles. The van der Waals surface area contributed by atoms with E-state index >= 15 is 0 Å². The van der Waals surface area contributed by atoms with Crippen LogP contribution in [0, 0.1) is 0 Å². The van der Waals surface area contributed by atoms with Gasteiger partial charge in [-0.1, -0.05) is 6.07 Å². The fourth-order valence-electron chi connectivity index (χ4n) is 3.08. The van der Waals surface area contributed by atoms with Gasteiger partial charge in [0.1, 0.15) is 23.2 Å². The fraction of sp³-hybridized carbons (Fsp3) is 0.182. The van der Waals surface area contributed by atoms with E-state index in [1.807, 2.05) is 6.92 Å². The molecule has 0 aliphatic rings. The molecule has 28 heavy (non-hydrogen) atoms. The van der Waals surface area contributed by atoms with E-state index in [0.717, 1.165) is 0 Å². The Hall–Kier alpha value is -3.54. The maximum atomic E-state index is 12.9. The third-order valence-corrected chi connectivity index (χ3v) is 4.36. The fourth-order valence-corrected chi connectivity index (χ4v) is 3.08. The number of carbonyl (C=O) groups is 1. The van der Waals surface area contributed by atoms with Crippen molar-refractivity contribution in [1.82, 2.24) is 0 Å². The van der Waals surface area contributed by atoms with Crippen LogP contribution in [-0.4, -0.2) is 19.2 Å². The Morgan fingerprint density at radius 2 is 1.86 bits per heavy atom. The van der Waals surface area contributed by atoms with Crippen LogP contribution in [-0.2, 0) is 4.74 Å². The summed E-state index contributed by atoms with van der Waals surface area (Å²) in [6.07, 6.45) is 1.44. The van der Waals surface area contributed by atoms with Crippen molar-refractivity contribution in [2.45, 2.75) is 13.8 Å². The quantitative estimate of drug-likeness (QED) is 0.465. The van der Waals surface area contributed by atoms with Gasteiger partial charge in [0.15, 0.2) is 5.43 Å². The van der Waals surface area contributed by atoms with Crippen LogP contribution in [0.15, 0.2) is 62.4 Å². The average molecular weight is 378 g/mol. The Balaban J connectivity index is 1.77. The summed E-state index contributed by atoms with van der Waals surface area (Å²) >= 11 is 0. The molecule has 0 atom stereocenters. The molecule has 2 aromatic carbocycles. The van der Waals surface area contributed by atoms with Crippen LogP contribution in [0.4, 0.5) is 0 Å².